The maximum absolute atomic E-state index is 12.4. The Bertz CT molecular complexity index is 1370. The first kappa shape index (κ1) is 17.9. The van der Waals surface area contributed by atoms with Crippen molar-refractivity contribution >= 4 is 34.2 Å². The van der Waals surface area contributed by atoms with Crippen molar-refractivity contribution in [2.24, 2.45) is 21.1 Å². The van der Waals surface area contributed by atoms with Crippen LogP contribution < -0.4 is 15.8 Å². The Morgan fingerprint density at radius 3 is 2.46 bits per heavy atom. The molecule has 0 radical (unpaired) electrons. The Hall–Kier alpha value is -3.48. The highest BCUT2D eigenvalue weighted by Crippen LogP contribution is 2.14. The summed E-state index contributed by atoms with van der Waals surface area (Å²) in [7, 11) is 4.92. The van der Waals surface area contributed by atoms with Crippen molar-refractivity contribution in [2.45, 2.75) is 13.5 Å². The van der Waals surface area contributed by atoms with Crippen LogP contribution in [0.25, 0.3) is 34.2 Å². The standard InChI is InChI=1S/C21H22N5O2/c1-5-26-15(11-10-14-8-6-7-9-16(14)26)12-13-17-22-18-19(23(17)2)24(3)21(28)25(4)20(18)27/h6-13H,5H2,1-4H3/q+1. The summed E-state index contributed by atoms with van der Waals surface area (Å²) in [6.45, 7) is 2.94. The molecule has 0 saturated carbocycles. The van der Waals surface area contributed by atoms with Crippen molar-refractivity contribution in [3.05, 3.63) is 68.8 Å². The van der Waals surface area contributed by atoms with E-state index in [9.17, 15) is 9.59 Å². The topological polar surface area (TPSA) is 65.7 Å². The number of aromatic nitrogens is 5. The third-order valence-electron chi connectivity index (χ3n) is 5.19. The first-order valence-corrected chi connectivity index (χ1v) is 9.16. The molecule has 0 spiro atoms. The number of nitrogens with zero attached hydrogens (tertiary/aromatic N) is 5. The van der Waals surface area contributed by atoms with Crippen molar-refractivity contribution in [2.75, 3.05) is 0 Å². The molecule has 0 fully saturated rings. The zero-order valence-corrected chi connectivity index (χ0v) is 16.4. The summed E-state index contributed by atoms with van der Waals surface area (Å²) in [5.41, 5.74) is 2.24. The van der Waals surface area contributed by atoms with Gasteiger partial charge < -0.3 is 4.57 Å². The fourth-order valence-electron chi connectivity index (χ4n) is 3.68. The van der Waals surface area contributed by atoms with E-state index in [2.05, 4.69) is 40.7 Å². The van der Waals surface area contributed by atoms with E-state index in [0.717, 1.165) is 22.3 Å². The predicted molar refractivity (Wildman–Crippen MR) is 110 cm³/mol. The summed E-state index contributed by atoms with van der Waals surface area (Å²) < 4.78 is 6.52. The van der Waals surface area contributed by atoms with Gasteiger partial charge in [0.1, 0.15) is 18.0 Å². The van der Waals surface area contributed by atoms with Gasteiger partial charge in [0.2, 0.25) is 11.2 Å². The predicted octanol–water partition coefficient (Wildman–Crippen LogP) is 1.60. The lowest BCUT2D eigenvalue weighted by atomic mass is 10.2. The Labute approximate surface area is 161 Å². The molecule has 7 heteroatoms. The van der Waals surface area contributed by atoms with Crippen LogP contribution in [0.1, 0.15) is 18.4 Å². The molecule has 7 nitrogen and oxygen atoms in total. The number of hydrogen-bond acceptors (Lipinski definition) is 3. The van der Waals surface area contributed by atoms with Gasteiger partial charge in [-0.3, -0.25) is 13.9 Å². The summed E-state index contributed by atoms with van der Waals surface area (Å²) in [6.07, 6.45) is 3.86. The number of hydrogen-bond donors (Lipinski definition) is 0. The third kappa shape index (κ3) is 2.58. The molecule has 4 rings (SSSR count). The van der Waals surface area contributed by atoms with E-state index in [0.29, 0.717) is 11.5 Å². The van der Waals surface area contributed by atoms with Crippen LogP contribution in [0.3, 0.4) is 0 Å². The van der Waals surface area contributed by atoms with Crippen molar-refractivity contribution in [3.8, 4) is 0 Å². The molecule has 0 aliphatic heterocycles. The molecule has 0 aliphatic rings. The lowest BCUT2D eigenvalue weighted by molar-refractivity contribution is -0.669. The van der Waals surface area contributed by atoms with Gasteiger partial charge in [0.15, 0.2) is 5.52 Å². The van der Waals surface area contributed by atoms with E-state index in [4.69, 9.17) is 0 Å². The lowest BCUT2D eigenvalue weighted by Gasteiger charge is -2.05. The SMILES string of the molecule is CC[n+]1c(/C=C/c2nc3c(=O)n(C)c(=O)n(C)c3n2C)ccc2ccccc21. The van der Waals surface area contributed by atoms with E-state index >= 15 is 0 Å². The first-order valence-electron chi connectivity index (χ1n) is 9.16. The molecular weight excluding hydrogens is 354 g/mol. The summed E-state index contributed by atoms with van der Waals surface area (Å²) in [5, 5.41) is 1.18. The second-order valence-corrected chi connectivity index (χ2v) is 6.80. The fourth-order valence-corrected chi connectivity index (χ4v) is 3.68. The molecule has 0 bridgehead atoms. The Balaban J connectivity index is 1.89. The molecule has 3 aromatic heterocycles. The molecule has 0 aliphatic carbocycles. The van der Waals surface area contributed by atoms with Crippen molar-refractivity contribution in [1.29, 1.82) is 0 Å². The molecule has 28 heavy (non-hydrogen) atoms. The molecule has 0 amide bonds. The molecule has 1 aromatic carbocycles. The number of fused-ring (bicyclic) bond motifs is 2. The molecular formula is C21H22N5O2+. The van der Waals surface area contributed by atoms with Crippen molar-refractivity contribution in [3.63, 3.8) is 0 Å². The molecule has 3 heterocycles. The van der Waals surface area contributed by atoms with Gasteiger partial charge in [-0.15, -0.1) is 0 Å². The van der Waals surface area contributed by atoms with Gasteiger partial charge in [-0.25, -0.2) is 9.78 Å². The Kier molecular flexibility index (Phi) is 4.22. The molecule has 0 N–H and O–H groups in total. The Morgan fingerprint density at radius 1 is 0.964 bits per heavy atom. The van der Waals surface area contributed by atoms with E-state index in [1.165, 1.54) is 17.0 Å². The summed E-state index contributed by atoms with van der Waals surface area (Å²) >= 11 is 0. The van der Waals surface area contributed by atoms with Crippen LogP contribution in [0.15, 0.2) is 46.0 Å². The quantitative estimate of drug-likeness (QED) is 0.510. The number of aryl methyl sites for hydroxylation is 3. The number of pyridine rings is 1. The second kappa shape index (κ2) is 6.60. The highest BCUT2D eigenvalue weighted by atomic mass is 16.2. The zero-order valence-electron chi connectivity index (χ0n) is 16.4. The van der Waals surface area contributed by atoms with Gasteiger partial charge in [-0.1, -0.05) is 12.1 Å². The van der Waals surface area contributed by atoms with Crippen LogP contribution in [0.2, 0.25) is 0 Å². The van der Waals surface area contributed by atoms with E-state index in [1.54, 1.807) is 11.6 Å². The van der Waals surface area contributed by atoms with Crippen LogP contribution in [-0.2, 0) is 27.7 Å². The van der Waals surface area contributed by atoms with Crippen molar-refractivity contribution in [1.82, 2.24) is 18.7 Å². The largest absolute Gasteiger partial charge is 0.332 e. The normalized spacial score (nSPS) is 11.9. The highest BCUT2D eigenvalue weighted by Gasteiger charge is 2.16. The number of rotatable bonds is 3. The van der Waals surface area contributed by atoms with Gasteiger partial charge in [-0.2, -0.15) is 4.57 Å². The second-order valence-electron chi connectivity index (χ2n) is 6.80. The van der Waals surface area contributed by atoms with Gasteiger partial charge in [0, 0.05) is 44.7 Å². The average Bonchev–Trinajstić information content (AvgIpc) is 3.05. The van der Waals surface area contributed by atoms with Crippen LogP contribution in [0, 0.1) is 0 Å². The van der Waals surface area contributed by atoms with Gasteiger partial charge in [0.25, 0.3) is 5.56 Å². The highest BCUT2D eigenvalue weighted by molar-refractivity contribution is 5.78. The van der Waals surface area contributed by atoms with Crippen LogP contribution in [0.5, 0.6) is 0 Å². The number of benzene rings is 1. The van der Waals surface area contributed by atoms with Gasteiger partial charge >= 0.3 is 5.69 Å². The number of para-hydroxylation sites is 1. The Morgan fingerprint density at radius 2 is 1.71 bits per heavy atom. The molecule has 0 saturated heterocycles. The third-order valence-corrected chi connectivity index (χ3v) is 5.19. The molecule has 0 unspecified atom stereocenters. The minimum atomic E-state index is -0.386. The van der Waals surface area contributed by atoms with Crippen LogP contribution in [-0.4, -0.2) is 18.7 Å². The molecule has 142 valence electrons. The minimum Gasteiger partial charge on any atom is -0.313 e. The van der Waals surface area contributed by atoms with Gasteiger partial charge in [0.05, 0.1) is 0 Å². The van der Waals surface area contributed by atoms with E-state index in [-0.39, 0.29) is 16.8 Å². The fraction of sp³-hybridized carbons (Fsp3) is 0.238. The van der Waals surface area contributed by atoms with Crippen molar-refractivity contribution < 1.29 is 4.57 Å². The summed E-state index contributed by atoms with van der Waals surface area (Å²) in [4.78, 5) is 29.1. The maximum atomic E-state index is 12.4. The number of imidazole rings is 1. The van der Waals surface area contributed by atoms with E-state index in [1.807, 2.05) is 31.3 Å². The monoisotopic (exact) mass is 376 g/mol. The smallest absolute Gasteiger partial charge is 0.313 e. The summed E-state index contributed by atoms with van der Waals surface area (Å²) in [6, 6.07) is 12.4. The first-order chi connectivity index (χ1) is 13.4. The summed E-state index contributed by atoms with van der Waals surface area (Å²) in [5.74, 6) is 0.615. The van der Waals surface area contributed by atoms with E-state index < -0.39 is 0 Å². The lowest BCUT2D eigenvalue weighted by Crippen LogP contribution is -2.37. The van der Waals surface area contributed by atoms with Crippen LogP contribution >= 0.6 is 0 Å². The molecule has 0 atom stereocenters. The van der Waals surface area contributed by atoms with Gasteiger partial charge in [-0.05, 0) is 25.1 Å². The molecule has 4 aromatic rings. The minimum absolute atomic E-state index is 0.286. The zero-order chi connectivity index (χ0) is 20.0. The maximum Gasteiger partial charge on any atom is 0.332 e. The van der Waals surface area contributed by atoms with Crippen LogP contribution in [0.4, 0.5) is 0 Å². The average molecular weight is 376 g/mol.